The van der Waals surface area contributed by atoms with Crippen LogP contribution in [0.3, 0.4) is 0 Å². The van der Waals surface area contributed by atoms with Crippen LogP contribution in [-0.4, -0.2) is 27.7 Å². The molecule has 0 spiro atoms. The molecule has 14 heavy (non-hydrogen) atoms. The number of ether oxygens (including phenoxy) is 2. The number of nitrogens with two attached hydrogens (primary N) is 1. The zero-order valence-corrected chi connectivity index (χ0v) is 8.52. The molecule has 2 N–H and O–H groups in total. The van der Waals surface area contributed by atoms with Gasteiger partial charge in [0.2, 0.25) is 5.95 Å². The largest absolute Gasteiger partial charge is 0.464 e. The molecule has 0 unspecified atom stereocenters. The molecule has 1 aromatic heterocycles. The molecular formula is C8H14N4O2. The van der Waals surface area contributed by atoms with Crippen LogP contribution in [-0.2, 0) is 0 Å². The summed E-state index contributed by atoms with van der Waals surface area (Å²) in [5.41, 5.74) is 5.44. The Hall–Kier alpha value is -1.59. The van der Waals surface area contributed by atoms with E-state index in [1.165, 1.54) is 0 Å². The molecule has 78 valence electrons. The third kappa shape index (κ3) is 3.04. The van der Waals surface area contributed by atoms with Crippen LogP contribution in [0.2, 0.25) is 0 Å². The van der Waals surface area contributed by atoms with Crippen LogP contribution in [0.15, 0.2) is 0 Å². The maximum Gasteiger partial charge on any atom is 0.324 e. The van der Waals surface area contributed by atoms with Gasteiger partial charge in [0, 0.05) is 0 Å². The Morgan fingerprint density at radius 3 is 2.43 bits per heavy atom. The van der Waals surface area contributed by atoms with E-state index < -0.39 is 0 Å². The number of nitrogen functional groups attached to an aromatic ring is 1. The van der Waals surface area contributed by atoms with Gasteiger partial charge in [-0.05, 0) is 20.8 Å². The van der Waals surface area contributed by atoms with E-state index in [1.54, 1.807) is 0 Å². The highest BCUT2D eigenvalue weighted by Crippen LogP contribution is 2.11. The van der Waals surface area contributed by atoms with Gasteiger partial charge in [0.25, 0.3) is 0 Å². The maximum absolute atomic E-state index is 5.44. The summed E-state index contributed by atoms with van der Waals surface area (Å²) >= 11 is 0. The fraction of sp³-hybridized carbons (Fsp3) is 0.625. The van der Waals surface area contributed by atoms with E-state index in [0.29, 0.717) is 6.61 Å². The quantitative estimate of drug-likeness (QED) is 0.764. The molecule has 1 aromatic rings. The highest BCUT2D eigenvalue weighted by molar-refractivity contribution is 5.20. The molecule has 1 heterocycles. The second-order valence-corrected chi connectivity index (χ2v) is 2.86. The van der Waals surface area contributed by atoms with Gasteiger partial charge in [0.15, 0.2) is 0 Å². The lowest BCUT2D eigenvalue weighted by molar-refractivity contribution is 0.215. The molecule has 0 saturated heterocycles. The average molecular weight is 198 g/mol. The van der Waals surface area contributed by atoms with Crippen LogP contribution >= 0.6 is 0 Å². The van der Waals surface area contributed by atoms with Crippen LogP contribution in [0.4, 0.5) is 5.95 Å². The molecule has 0 fully saturated rings. The van der Waals surface area contributed by atoms with Crippen molar-refractivity contribution in [2.45, 2.75) is 26.9 Å². The SMILES string of the molecule is CCOc1nc(N)nc(OC(C)C)n1. The predicted molar refractivity (Wildman–Crippen MR) is 51.2 cm³/mol. The van der Waals surface area contributed by atoms with Crippen LogP contribution in [0.25, 0.3) is 0 Å². The lowest BCUT2D eigenvalue weighted by Gasteiger charge is -2.08. The lowest BCUT2D eigenvalue weighted by Crippen LogP contribution is -2.11. The zero-order valence-electron chi connectivity index (χ0n) is 8.52. The lowest BCUT2D eigenvalue weighted by atomic mass is 10.5. The summed E-state index contributed by atoms with van der Waals surface area (Å²) < 4.78 is 10.3. The van der Waals surface area contributed by atoms with Crippen molar-refractivity contribution in [2.75, 3.05) is 12.3 Å². The minimum absolute atomic E-state index is 0.00808. The van der Waals surface area contributed by atoms with E-state index >= 15 is 0 Å². The van der Waals surface area contributed by atoms with Crippen molar-refractivity contribution < 1.29 is 9.47 Å². The minimum atomic E-state index is -0.00808. The van der Waals surface area contributed by atoms with E-state index in [-0.39, 0.29) is 24.1 Å². The van der Waals surface area contributed by atoms with Crippen molar-refractivity contribution in [3.63, 3.8) is 0 Å². The van der Waals surface area contributed by atoms with Gasteiger partial charge >= 0.3 is 12.0 Å². The first-order valence-corrected chi connectivity index (χ1v) is 4.42. The van der Waals surface area contributed by atoms with E-state index in [1.807, 2.05) is 20.8 Å². The van der Waals surface area contributed by atoms with Gasteiger partial charge < -0.3 is 15.2 Å². The predicted octanol–water partition coefficient (Wildman–Crippen LogP) is 0.640. The molecule has 0 aliphatic carbocycles. The summed E-state index contributed by atoms with van der Waals surface area (Å²) in [7, 11) is 0. The van der Waals surface area contributed by atoms with Crippen molar-refractivity contribution in [2.24, 2.45) is 0 Å². The van der Waals surface area contributed by atoms with E-state index in [9.17, 15) is 0 Å². The van der Waals surface area contributed by atoms with E-state index in [2.05, 4.69) is 15.0 Å². The monoisotopic (exact) mass is 198 g/mol. The second-order valence-electron chi connectivity index (χ2n) is 2.86. The highest BCUT2D eigenvalue weighted by atomic mass is 16.5. The summed E-state index contributed by atoms with van der Waals surface area (Å²) in [5.74, 6) is 0.0964. The molecule has 6 heteroatoms. The van der Waals surface area contributed by atoms with Gasteiger partial charge in [-0.2, -0.15) is 9.97 Å². The molecule has 6 nitrogen and oxygen atoms in total. The number of hydrogen-bond acceptors (Lipinski definition) is 6. The Labute approximate surface area is 82.5 Å². The molecular weight excluding hydrogens is 184 g/mol. The first-order valence-electron chi connectivity index (χ1n) is 4.42. The van der Waals surface area contributed by atoms with Crippen LogP contribution < -0.4 is 15.2 Å². The summed E-state index contributed by atoms with van der Waals surface area (Å²) in [6.45, 7) is 6.06. The summed E-state index contributed by atoms with van der Waals surface area (Å²) in [5, 5.41) is 0. The van der Waals surface area contributed by atoms with Crippen molar-refractivity contribution in [1.29, 1.82) is 0 Å². The smallest absolute Gasteiger partial charge is 0.324 e. The van der Waals surface area contributed by atoms with Gasteiger partial charge in [-0.15, -0.1) is 4.98 Å². The van der Waals surface area contributed by atoms with E-state index in [0.717, 1.165) is 0 Å². The third-order valence-corrected chi connectivity index (χ3v) is 1.23. The van der Waals surface area contributed by atoms with Crippen LogP contribution in [0.5, 0.6) is 12.0 Å². The van der Waals surface area contributed by atoms with Gasteiger partial charge in [0.1, 0.15) is 0 Å². The highest BCUT2D eigenvalue weighted by Gasteiger charge is 2.07. The van der Waals surface area contributed by atoms with Crippen molar-refractivity contribution in [3.05, 3.63) is 0 Å². The third-order valence-electron chi connectivity index (χ3n) is 1.23. The van der Waals surface area contributed by atoms with Gasteiger partial charge in [0.05, 0.1) is 12.7 Å². The average Bonchev–Trinajstić information content (AvgIpc) is 2.01. The zero-order chi connectivity index (χ0) is 10.6. The standard InChI is InChI=1S/C8H14N4O2/c1-4-13-7-10-6(9)11-8(12-7)14-5(2)3/h5H,4H2,1-3H3,(H2,9,10,11,12). The van der Waals surface area contributed by atoms with Crippen LogP contribution in [0.1, 0.15) is 20.8 Å². The number of rotatable bonds is 4. The van der Waals surface area contributed by atoms with Gasteiger partial charge in [-0.1, -0.05) is 0 Å². The topological polar surface area (TPSA) is 83.2 Å². The van der Waals surface area contributed by atoms with Crippen molar-refractivity contribution >= 4 is 5.95 Å². The molecule has 1 rings (SSSR count). The molecule has 0 amide bonds. The number of anilines is 1. The fourth-order valence-electron chi connectivity index (χ4n) is 0.810. The molecule has 0 radical (unpaired) electrons. The van der Waals surface area contributed by atoms with Gasteiger partial charge in [-0.3, -0.25) is 0 Å². The minimum Gasteiger partial charge on any atom is -0.464 e. The normalized spacial score (nSPS) is 10.3. The van der Waals surface area contributed by atoms with Crippen LogP contribution in [0, 0.1) is 0 Å². The molecule has 0 aliphatic heterocycles. The number of hydrogen-bond donors (Lipinski definition) is 1. The first-order chi connectivity index (χ1) is 6.61. The number of aromatic nitrogens is 3. The number of nitrogens with zero attached hydrogens (tertiary/aromatic N) is 3. The van der Waals surface area contributed by atoms with Crippen molar-refractivity contribution in [1.82, 2.24) is 15.0 Å². The summed E-state index contributed by atoms with van der Waals surface area (Å²) in [6.07, 6.45) is -0.00808. The molecule has 0 bridgehead atoms. The Kier molecular flexibility index (Phi) is 3.44. The first kappa shape index (κ1) is 10.5. The fourth-order valence-corrected chi connectivity index (χ4v) is 0.810. The molecule has 0 aromatic carbocycles. The Balaban J connectivity index is 2.83. The van der Waals surface area contributed by atoms with Crippen molar-refractivity contribution in [3.8, 4) is 12.0 Å². The molecule has 0 atom stereocenters. The Morgan fingerprint density at radius 2 is 1.86 bits per heavy atom. The molecule has 0 saturated carbocycles. The van der Waals surface area contributed by atoms with Gasteiger partial charge in [-0.25, -0.2) is 0 Å². The second kappa shape index (κ2) is 4.59. The maximum atomic E-state index is 5.44. The molecule has 0 aliphatic rings. The summed E-state index contributed by atoms with van der Waals surface area (Å²) in [6, 6.07) is 0.381. The Morgan fingerprint density at radius 1 is 1.21 bits per heavy atom. The van der Waals surface area contributed by atoms with E-state index in [4.69, 9.17) is 15.2 Å². The summed E-state index contributed by atoms with van der Waals surface area (Å²) in [4.78, 5) is 11.5. The Bertz CT molecular complexity index is 303.